The topological polar surface area (TPSA) is 82.9 Å². The van der Waals surface area contributed by atoms with E-state index in [2.05, 4.69) is 4.98 Å². The van der Waals surface area contributed by atoms with E-state index in [1.807, 2.05) is 4.90 Å². The number of aromatic nitrogens is 1. The molecule has 2 fully saturated rings. The fourth-order valence-corrected chi connectivity index (χ4v) is 4.44. The number of halogens is 1. The van der Waals surface area contributed by atoms with Crippen molar-refractivity contribution in [2.24, 2.45) is 0 Å². The molecule has 2 saturated heterocycles. The molecule has 0 saturated carbocycles. The van der Waals surface area contributed by atoms with Crippen molar-refractivity contribution in [2.45, 2.75) is 49.9 Å². The lowest BCUT2D eigenvalue weighted by Gasteiger charge is -2.41. The van der Waals surface area contributed by atoms with Gasteiger partial charge in [0.1, 0.15) is 23.7 Å². The number of carboxylic acids is 1. The molecule has 7 heteroatoms. The van der Waals surface area contributed by atoms with Gasteiger partial charge in [0.05, 0.1) is 12.1 Å². The van der Waals surface area contributed by atoms with Gasteiger partial charge in [-0.2, -0.15) is 0 Å². The molecule has 1 aromatic carbocycles. The Bertz CT molecular complexity index is 816. The molecule has 26 heavy (non-hydrogen) atoms. The zero-order valence-electron chi connectivity index (χ0n) is 14.2. The summed E-state index contributed by atoms with van der Waals surface area (Å²) in [7, 11) is 0. The second-order valence-corrected chi connectivity index (χ2v) is 7.05. The van der Waals surface area contributed by atoms with Crippen LogP contribution in [0.25, 0.3) is 10.9 Å². The number of rotatable bonds is 5. The van der Waals surface area contributed by atoms with Crippen LogP contribution in [-0.2, 0) is 4.79 Å². The van der Waals surface area contributed by atoms with E-state index in [-0.39, 0.29) is 30.6 Å². The van der Waals surface area contributed by atoms with E-state index < -0.39 is 12.0 Å². The summed E-state index contributed by atoms with van der Waals surface area (Å²) < 4.78 is 19.8. The summed E-state index contributed by atoms with van der Waals surface area (Å²) in [4.78, 5) is 17.6. The van der Waals surface area contributed by atoms with E-state index >= 15 is 0 Å². The largest absolute Gasteiger partial charge is 0.490 e. The van der Waals surface area contributed by atoms with Gasteiger partial charge in [0.15, 0.2) is 0 Å². The molecular formula is C19H21FN2O4. The van der Waals surface area contributed by atoms with E-state index in [4.69, 9.17) is 4.74 Å². The van der Waals surface area contributed by atoms with E-state index in [0.29, 0.717) is 29.5 Å². The van der Waals surface area contributed by atoms with Gasteiger partial charge in [-0.25, -0.2) is 4.39 Å². The van der Waals surface area contributed by atoms with Crippen LogP contribution in [0, 0.1) is 5.82 Å². The minimum absolute atomic E-state index is 0.0641. The normalized spacial score (nSPS) is 26.8. The van der Waals surface area contributed by atoms with E-state index in [1.165, 1.54) is 12.1 Å². The number of carbonyl (C=O) groups is 1. The second kappa shape index (κ2) is 6.81. The molecule has 2 aliphatic rings. The van der Waals surface area contributed by atoms with Gasteiger partial charge in [-0.05, 0) is 49.9 Å². The minimum atomic E-state index is -0.987. The number of hydrogen-bond donors (Lipinski definition) is 2. The van der Waals surface area contributed by atoms with Crippen molar-refractivity contribution >= 4 is 16.9 Å². The highest BCUT2D eigenvalue weighted by atomic mass is 19.1. The van der Waals surface area contributed by atoms with Gasteiger partial charge in [0.2, 0.25) is 0 Å². The Hall–Kier alpha value is -2.25. The molecule has 3 atom stereocenters. The molecular weight excluding hydrogens is 339 g/mol. The van der Waals surface area contributed by atoms with Crippen LogP contribution in [0.3, 0.4) is 0 Å². The quantitative estimate of drug-likeness (QED) is 0.851. The van der Waals surface area contributed by atoms with Crippen molar-refractivity contribution in [2.75, 3.05) is 6.61 Å². The highest BCUT2D eigenvalue weighted by Gasteiger charge is 2.46. The summed E-state index contributed by atoms with van der Waals surface area (Å²) in [5.41, 5.74) is 0.676. The number of aliphatic carboxylic acids is 1. The summed E-state index contributed by atoms with van der Waals surface area (Å²) in [5, 5.41) is 19.5. The first-order valence-corrected chi connectivity index (χ1v) is 8.89. The van der Waals surface area contributed by atoms with Crippen molar-refractivity contribution < 1.29 is 24.1 Å². The van der Waals surface area contributed by atoms with Crippen LogP contribution >= 0.6 is 0 Å². The van der Waals surface area contributed by atoms with Crippen molar-refractivity contribution in [3.63, 3.8) is 0 Å². The standard InChI is InChI=1S/C19H21FN2O4/c20-11-1-4-16-15(7-11)18(5-6-21-16)26-14-8-12-2-3-13(9-14)22(12)17(10-23)19(24)25/h1,4-7,12-14,17,23H,2-3,8-10H2,(H,24,25). The van der Waals surface area contributed by atoms with E-state index in [9.17, 15) is 19.4 Å². The summed E-state index contributed by atoms with van der Waals surface area (Å²) >= 11 is 0. The molecule has 0 amide bonds. The van der Waals surface area contributed by atoms with Crippen LogP contribution in [0.4, 0.5) is 4.39 Å². The van der Waals surface area contributed by atoms with Gasteiger partial charge in [0.25, 0.3) is 0 Å². The number of hydrogen-bond acceptors (Lipinski definition) is 5. The molecule has 2 N–H and O–H groups in total. The zero-order chi connectivity index (χ0) is 18.3. The summed E-state index contributed by atoms with van der Waals surface area (Å²) in [5.74, 6) is -0.721. The third kappa shape index (κ3) is 3.01. The molecule has 2 bridgehead atoms. The van der Waals surface area contributed by atoms with Crippen molar-refractivity contribution in [1.29, 1.82) is 0 Å². The molecule has 2 aromatic rings. The van der Waals surface area contributed by atoms with Crippen molar-refractivity contribution in [1.82, 2.24) is 9.88 Å². The Morgan fingerprint density at radius 1 is 1.31 bits per heavy atom. The second-order valence-electron chi connectivity index (χ2n) is 7.05. The van der Waals surface area contributed by atoms with Crippen LogP contribution in [-0.4, -0.2) is 56.9 Å². The van der Waals surface area contributed by atoms with Gasteiger partial charge in [-0.3, -0.25) is 14.7 Å². The predicted octanol–water partition coefficient (Wildman–Crippen LogP) is 2.19. The molecule has 0 spiro atoms. The van der Waals surface area contributed by atoms with Crippen LogP contribution in [0.5, 0.6) is 5.75 Å². The van der Waals surface area contributed by atoms with Gasteiger partial charge in [0, 0.05) is 23.7 Å². The molecule has 0 radical (unpaired) electrons. The summed E-state index contributed by atoms with van der Waals surface area (Å²) in [6.45, 7) is -0.387. The predicted molar refractivity (Wildman–Crippen MR) is 92.5 cm³/mol. The first-order chi connectivity index (χ1) is 12.6. The number of benzene rings is 1. The Kier molecular flexibility index (Phi) is 4.50. The number of aliphatic hydroxyl groups excluding tert-OH is 1. The van der Waals surface area contributed by atoms with Crippen LogP contribution in [0.15, 0.2) is 30.5 Å². The van der Waals surface area contributed by atoms with Crippen molar-refractivity contribution in [3.05, 3.63) is 36.3 Å². The molecule has 1 aromatic heterocycles. The molecule has 3 heterocycles. The van der Waals surface area contributed by atoms with E-state index in [1.54, 1.807) is 18.3 Å². The number of pyridine rings is 1. The Morgan fingerprint density at radius 3 is 2.69 bits per heavy atom. The highest BCUT2D eigenvalue weighted by Crippen LogP contribution is 2.39. The van der Waals surface area contributed by atoms with Crippen LogP contribution < -0.4 is 4.74 Å². The monoisotopic (exact) mass is 360 g/mol. The fraction of sp³-hybridized carbons (Fsp3) is 0.474. The van der Waals surface area contributed by atoms with Gasteiger partial charge in [-0.1, -0.05) is 0 Å². The van der Waals surface area contributed by atoms with E-state index in [0.717, 1.165) is 12.8 Å². The number of aliphatic hydroxyl groups is 1. The minimum Gasteiger partial charge on any atom is -0.490 e. The highest BCUT2D eigenvalue weighted by molar-refractivity contribution is 5.84. The first kappa shape index (κ1) is 17.2. The molecule has 0 aliphatic carbocycles. The Morgan fingerprint density at radius 2 is 2.04 bits per heavy atom. The maximum absolute atomic E-state index is 13.6. The lowest BCUT2D eigenvalue weighted by atomic mass is 9.97. The number of carboxylic acid groups (broad SMARTS) is 1. The number of fused-ring (bicyclic) bond motifs is 3. The van der Waals surface area contributed by atoms with Gasteiger partial charge >= 0.3 is 5.97 Å². The molecule has 3 unspecified atom stereocenters. The maximum atomic E-state index is 13.6. The molecule has 6 nitrogen and oxygen atoms in total. The third-order valence-electron chi connectivity index (χ3n) is 5.52. The van der Waals surface area contributed by atoms with Gasteiger partial charge < -0.3 is 14.9 Å². The smallest absolute Gasteiger partial charge is 0.323 e. The molecule has 138 valence electrons. The average molecular weight is 360 g/mol. The summed E-state index contributed by atoms with van der Waals surface area (Å²) in [6.07, 6.45) is 4.77. The lowest BCUT2D eigenvalue weighted by molar-refractivity contribution is -0.148. The number of piperidine rings is 1. The average Bonchev–Trinajstić information content (AvgIpc) is 2.86. The summed E-state index contributed by atoms with van der Waals surface area (Å²) in [6, 6.07) is 5.47. The Balaban J connectivity index is 1.54. The molecule has 4 rings (SSSR count). The third-order valence-corrected chi connectivity index (χ3v) is 5.52. The molecule has 2 aliphatic heterocycles. The number of nitrogens with zero attached hydrogens (tertiary/aromatic N) is 2. The van der Waals surface area contributed by atoms with Crippen molar-refractivity contribution in [3.8, 4) is 5.75 Å². The Labute approximate surface area is 150 Å². The van der Waals surface area contributed by atoms with Crippen LogP contribution in [0.2, 0.25) is 0 Å². The van der Waals surface area contributed by atoms with Crippen LogP contribution in [0.1, 0.15) is 25.7 Å². The number of ether oxygens (including phenoxy) is 1. The SMILES string of the molecule is O=C(O)C(CO)N1C2CCC1CC(Oc1ccnc3ccc(F)cc13)C2. The zero-order valence-corrected chi connectivity index (χ0v) is 14.2. The fourth-order valence-electron chi connectivity index (χ4n) is 4.44. The van der Waals surface area contributed by atoms with Gasteiger partial charge in [-0.15, -0.1) is 0 Å². The first-order valence-electron chi connectivity index (χ1n) is 8.89. The maximum Gasteiger partial charge on any atom is 0.323 e. The lowest BCUT2D eigenvalue weighted by Crippen LogP contribution is -2.55.